The Morgan fingerprint density at radius 3 is 2.50 bits per heavy atom. The molecule has 0 fully saturated rings. The fourth-order valence-electron chi connectivity index (χ4n) is 1.98. The van der Waals surface area contributed by atoms with Crippen molar-refractivity contribution in [2.75, 3.05) is 13.9 Å². The Hall–Kier alpha value is -1.81. The summed E-state index contributed by atoms with van der Waals surface area (Å²) >= 11 is 0. The number of methoxy groups -OCH3 is 1. The SMILES string of the molecule is COCOc1cccc(C(C)C)c1/C=C/C(=O)OC(C)(C)C. The summed E-state index contributed by atoms with van der Waals surface area (Å²) in [6.07, 6.45) is 3.18. The van der Waals surface area contributed by atoms with Crippen molar-refractivity contribution >= 4 is 12.0 Å². The highest BCUT2D eigenvalue weighted by Crippen LogP contribution is 2.29. The molecule has 0 radical (unpaired) electrons. The van der Waals surface area contributed by atoms with E-state index in [9.17, 15) is 4.79 Å². The Morgan fingerprint density at radius 2 is 1.95 bits per heavy atom. The molecule has 1 aromatic rings. The summed E-state index contributed by atoms with van der Waals surface area (Å²) in [5.74, 6) is 0.626. The highest BCUT2D eigenvalue weighted by atomic mass is 16.7. The molecule has 0 aliphatic carbocycles. The van der Waals surface area contributed by atoms with Gasteiger partial charge in [-0.3, -0.25) is 0 Å². The summed E-state index contributed by atoms with van der Waals surface area (Å²) in [5.41, 5.74) is 1.47. The molecule has 0 aliphatic heterocycles. The van der Waals surface area contributed by atoms with Crippen LogP contribution in [0.15, 0.2) is 24.3 Å². The minimum Gasteiger partial charge on any atom is -0.467 e. The molecule has 0 heterocycles. The van der Waals surface area contributed by atoms with Crippen LogP contribution in [0.3, 0.4) is 0 Å². The standard InChI is InChI=1S/C18H26O4/c1-13(2)14-8-7-9-16(21-12-20-6)15(14)10-11-17(19)22-18(3,4)5/h7-11,13H,12H2,1-6H3/b11-10+. The summed E-state index contributed by atoms with van der Waals surface area (Å²) in [7, 11) is 1.57. The van der Waals surface area contributed by atoms with Gasteiger partial charge in [-0.05, 0) is 44.4 Å². The van der Waals surface area contributed by atoms with Crippen LogP contribution in [-0.4, -0.2) is 25.5 Å². The van der Waals surface area contributed by atoms with E-state index in [2.05, 4.69) is 13.8 Å². The van der Waals surface area contributed by atoms with Crippen molar-refractivity contribution in [3.05, 3.63) is 35.4 Å². The van der Waals surface area contributed by atoms with E-state index in [1.807, 2.05) is 39.0 Å². The van der Waals surface area contributed by atoms with Crippen LogP contribution in [0.1, 0.15) is 51.7 Å². The molecule has 0 atom stereocenters. The molecule has 22 heavy (non-hydrogen) atoms. The van der Waals surface area contributed by atoms with Crippen LogP contribution in [-0.2, 0) is 14.3 Å². The summed E-state index contributed by atoms with van der Waals surface area (Å²) in [6, 6.07) is 5.82. The molecule has 0 amide bonds. The fraction of sp³-hybridized carbons (Fsp3) is 0.500. The van der Waals surface area contributed by atoms with E-state index in [1.54, 1.807) is 13.2 Å². The average molecular weight is 306 g/mol. The largest absolute Gasteiger partial charge is 0.467 e. The fourth-order valence-corrected chi connectivity index (χ4v) is 1.98. The van der Waals surface area contributed by atoms with Crippen LogP contribution in [0.5, 0.6) is 5.75 Å². The van der Waals surface area contributed by atoms with E-state index in [-0.39, 0.29) is 12.8 Å². The number of esters is 1. The molecule has 122 valence electrons. The zero-order valence-electron chi connectivity index (χ0n) is 14.3. The van der Waals surface area contributed by atoms with Crippen molar-refractivity contribution in [2.45, 2.75) is 46.1 Å². The first-order chi connectivity index (χ1) is 10.2. The Morgan fingerprint density at radius 1 is 1.27 bits per heavy atom. The predicted octanol–water partition coefficient (Wildman–Crippen LogP) is 4.15. The van der Waals surface area contributed by atoms with Gasteiger partial charge in [0.05, 0.1) is 0 Å². The van der Waals surface area contributed by atoms with Gasteiger partial charge in [-0.1, -0.05) is 26.0 Å². The molecule has 4 nitrogen and oxygen atoms in total. The summed E-state index contributed by atoms with van der Waals surface area (Å²) in [4.78, 5) is 11.9. The second kappa shape index (κ2) is 7.99. The number of benzene rings is 1. The van der Waals surface area contributed by atoms with Crippen LogP contribution in [0, 0.1) is 0 Å². The lowest BCUT2D eigenvalue weighted by molar-refractivity contribution is -0.148. The maximum atomic E-state index is 11.9. The Bertz CT molecular complexity index is 524. The van der Waals surface area contributed by atoms with Gasteiger partial charge in [0.2, 0.25) is 0 Å². The van der Waals surface area contributed by atoms with Crippen molar-refractivity contribution in [3.8, 4) is 5.75 Å². The summed E-state index contributed by atoms with van der Waals surface area (Å²) in [5, 5.41) is 0. The van der Waals surface area contributed by atoms with Crippen molar-refractivity contribution in [1.82, 2.24) is 0 Å². The Balaban J connectivity index is 3.06. The predicted molar refractivity (Wildman–Crippen MR) is 87.9 cm³/mol. The third-order valence-electron chi connectivity index (χ3n) is 2.85. The number of rotatable bonds is 6. The minimum absolute atomic E-state index is 0.162. The number of ether oxygens (including phenoxy) is 3. The third kappa shape index (κ3) is 5.90. The summed E-state index contributed by atoms with van der Waals surface area (Å²) in [6.45, 7) is 9.88. The number of carbonyl (C=O) groups is 1. The topological polar surface area (TPSA) is 44.8 Å². The molecule has 0 saturated carbocycles. The van der Waals surface area contributed by atoms with E-state index < -0.39 is 5.60 Å². The number of carbonyl (C=O) groups excluding carboxylic acids is 1. The molecular formula is C18H26O4. The molecule has 0 unspecified atom stereocenters. The van der Waals surface area contributed by atoms with E-state index >= 15 is 0 Å². The van der Waals surface area contributed by atoms with Gasteiger partial charge >= 0.3 is 5.97 Å². The van der Waals surface area contributed by atoms with Crippen molar-refractivity contribution in [1.29, 1.82) is 0 Å². The zero-order valence-corrected chi connectivity index (χ0v) is 14.3. The van der Waals surface area contributed by atoms with Crippen LogP contribution < -0.4 is 4.74 Å². The first kappa shape index (κ1) is 18.2. The lowest BCUT2D eigenvalue weighted by Crippen LogP contribution is -2.22. The first-order valence-electron chi connectivity index (χ1n) is 7.40. The Kier molecular flexibility index (Phi) is 6.62. The molecule has 0 aromatic heterocycles. The highest BCUT2D eigenvalue weighted by Gasteiger charge is 2.15. The van der Waals surface area contributed by atoms with Gasteiger partial charge in [0.1, 0.15) is 11.4 Å². The van der Waals surface area contributed by atoms with Crippen LogP contribution in [0.4, 0.5) is 0 Å². The molecule has 1 aromatic carbocycles. The number of hydrogen-bond donors (Lipinski definition) is 0. The van der Waals surface area contributed by atoms with Crippen molar-refractivity contribution < 1.29 is 19.0 Å². The van der Waals surface area contributed by atoms with Gasteiger partial charge in [0.25, 0.3) is 0 Å². The van der Waals surface area contributed by atoms with Gasteiger partial charge in [-0.15, -0.1) is 0 Å². The lowest BCUT2D eigenvalue weighted by Gasteiger charge is -2.18. The second-order valence-electron chi connectivity index (χ2n) is 6.33. The van der Waals surface area contributed by atoms with Crippen molar-refractivity contribution in [3.63, 3.8) is 0 Å². The Labute approximate surface area is 133 Å². The van der Waals surface area contributed by atoms with Gasteiger partial charge in [-0.2, -0.15) is 0 Å². The van der Waals surface area contributed by atoms with Gasteiger partial charge in [0.15, 0.2) is 6.79 Å². The quantitative estimate of drug-likeness (QED) is 0.450. The average Bonchev–Trinajstić information content (AvgIpc) is 2.40. The molecular weight excluding hydrogens is 280 g/mol. The molecule has 0 saturated heterocycles. The normalized spacial score (nSPS) is 12.0. The van der Waals surface area contributed by atoms with Gasteiger partial charge in [0, 0.05) is 18.7 Å². The summed E-state index contributed by atoms with van der Waals surface area (Å²) < 4.78 is 15.8. The van der Waals surface area contributed by atoms with Gasteiger partial charge in [-0.25, -0.2) is 4.79 Å². The second-order valence-corrected chi connectivity index (χ2v) is 6.33. The van der Waals surface area contributed by atoms with Gasteiger partial charge < -0.3 is 14.2 Å². The first-order valence-corrected chi connectivity index (χ1v) is 7.40. The molecule has 1 rings (SSSR count). The third-order valence-corrected chi connectivity index (χ3v) is 2.85. The smallest absolute Gasteiger partial charge is 0.331 e. The maximum absolute atomic E-state index is 11.9. The highest BCUT2D eigenvalue weighted by molar-refractivity contribution is 5.88. The van der Waals surface area contributed by atoms with Crippen molar-refractivity contribution in [2.24, 2.45) is 0 Å². The zero-order chi connectivity index (χ0) is 16.8. The van der Waals surface area contributed by atoms with E-state index in [4.69, 9.17) is 14.2 Å². The molecule has 0 N–H and O–H groups in total. The molecule has 0 spiro atoms. The van der Waals surface area contributed by atoms with E-state index in [0.29, 0.717) is 11.7 Å². The van der Waals surface area contributed by atoms with Crippen LogP contribution >= 0.6 is 0 Å². The molecule has 0 bridgehead atoms. The number of hydrogen-bond acceptors (Lipinski definition) is 4. The maximum Gasteiger partial charge on any atom is 0.331 e. The van der Waals surface area contributed by atoms with E-state index in [0.717, 1.165) is 11.1 Å². The molecule has 0 aliphatic rings. The minimum atomic E-state index is -0.506. The lowest BCUT2D eigenvalue weighted by atomic mass is 9.96. The van der Waals surface area contributed by atoms with E-state index in [1.165, 1.54) is 6.08 Å². The van der Waals surface area contributed by atoms with Crippen LogP contribution in [0.25, 0.3) is 6.08 Å². The van der Waals surface area contributed by atoms with Crippen LogP contribution in [0.2, 0.25) is 0 Å². The monoisotopic (exact) mass is 306 g/mol. The molecule has 4 heteroatoms.